The number of piperazine rings is 1. The first-order valence-corrected chi connectivity index (χ1v) is 11.6. The topological polar surface area (TPSA) is 88.6 Å². The quantitative estimate of drug-likeness (QED) is 0.579. The third-order valence-electron chi connectivity index (χ3n) is 5.32. The highest BCUT2D eigenvalue weighted by atomic mass is 32.2. The molecule has 2 unspecified atom stereocenters. The van der Waals surface area contributed by atoms with Gasteiger partial charge >= 0.3 is 5.97 Å². The molecule has 2 fully saturated rings. The summed E-state index contributed by atoms with van der Waals surface area (Å²) in [7, 11) is -2.11. The molecule has 0 N–H and O–H groups in total. The first kappa shape index (κ1) is 23.0. The maximum absolute atomic E-state index is 13.0. The van der Waals surface area contributed by atoms with E-state index in [1.54, 1.807) is 32.9 Å². The van der Waals surface area contributed by atoms with Crippen LogP contribution in [0, 0.1) is 0 Å². The summed E-state index contributed by atoms with van der Waals surface area (Å²) in [4.78, 5) is 13.6. The zero-order chi connectivity index (χ0) is 21.7. The number of rotatable bonds is 7. The normalized spacial score (nSPS) is 24.5. The van der Waals surface area contributed by atoms with Crippen LogP contribution in [0.15, 0.2) is 24.3 Å². The van der Waals surface area contributed by atoms with Crippen LogP contribution in [-0.4, -0.2) is 99.6 Å². The van der Waals surface area contributed by atoms with Crippen LogP contribution in [-0.2, 0) is 19.7 Å². The monoisotopic (exact) mass is 441 g/mol. The van der Waals surface area contributed by atoms with Gasteiger partial charge in [0.05, 0.1) is 24.9 Å². The molecular weight excluding hydrogens is 410 g/mol. The van der Waals surface area contributed by atoms with Gasteiger partial charge in [-0.15, -0.1) is 0 Å². The number of hydrogen-bond donors (Lipinski definition) is 0. The number of benzene rings is 1. The van der Waals surface area contributed by atoms with Gasteiger partial charge in [-0.3, -0.25) is 4.90 Å². The Morgan fingerprint density at radius 3 is 2.20 bits per heavy atom. The Morgan fingerprint density at radius 2 is 1.63 bits per heavy atom. The number of carbonyl (C=O) groups is 1. The van der Waals surface area contributed by atoms with E-state index in [0.717, 1.165) is 0 Å². The fourth-order valence-corrected chi connectivity index (χ4v) is 5.51. The standard InChI is InChI=1S/C20H31N3O6S/c1-16-14-23(15-17(2)29-16)30(25,26)22-10-8-21(9-11-22)12-13-28-19-6-4-18(5-7-19)20(24)27-3/h4-7,16-17H,8-15H2,1-3H3. The van der Waals surface area contributed by atoms with Crippen LogP contribution in [0.4, 0.5) is 0 Å². The van der Waals surface area contributed by atoms with Crippen LogP contribution in [0.25, 0.3) is 0 Å². The molecule has 0 saturated carbocycles. The maximum Gasteiger partial charge on any atom is 0.337 e. The van der Waals surface area contributed by atoms with E-state index in [1.807, 2.05) is 13.8 Å². The van der Waals surface area contributed by atoms with Crippen molar-refractivity contribution in [3.05, 3.63) is 29.8 Å². The summed E-state index contributed by atoms with van der Waals surface area (Å²) >= 11 is 0. The van der Waals surface area contributed by atoms with Crippen LogP contribution in [0.5, 0.6) is 5.75 Å². The number of esters is 1. The number of nitrogens with zero attached hydrogens (tertiary/aromatic N) is 3. The Kier molecular flexibility index (Phi) is 7.70. The van der Waals surface area contributed by atoms with Gasteiger partial charge in [-0.1, -0.05) is 0 Å². The number of morpholine rings is 1. The van der Waals surface area contributed by atoms with E-state index in [4.69, 9.17) is 9.47 Å². The second-order valence-electron chi connectivity index (χ2n) is 7.69. The molecule has 1 aromatic rings. The Bertz CT molecular complexity index is 798. The Balaban J connectivity index is 1.43. The zero-order valence-electron chi connectivity index (χ0n) is 17.8. The fourth-order valence-electron chi connectivity index (χ4n) is 3.76. The van der Waals surface area contributed by atoms with Crippen molar-refractivity contribution in [2.24, 2.45) is 0 Å². The maximum atomic E-state index is 13.0. The molecule has 2 atom stereocenters. The molecule has 30 heavy (non-hydrogen) atoms. The second-order valence-corrected chi connectivity index (χ2v) is 9.62. The van der Waals surface area contributed by atoms with Crippen molar-refractivity contribution < 1.29 is 27.4 Å². The van der Waals surface area contributed by atoms with Crippen molar-refractivity contribution in [1.82, 2.24) is 13.5 Å². The first-order valence-electron chi connectivity index (χ1n) is 10.2. The Morgan fingerprint density at radius 1 is 1.03 bits per heavy atom. The van der Waals surface area contributed by atoms with Crippen LogP contribution in [0.1, 0.15) is 24.2 Å². The molecule has 2 heterocycles. The van der Waals surface area contributed by atoms with E-state index in [2.05, 4.69) is 9.64 Å². The lowest BCUT2D eigenvalue weighted by Crippen LogP contribution is -2.57. The molecule has 1 aromatic carbocycles. The predicted molar refractivity (Wildman–Crippen MR) is 112 cm³/mol. The van der Waals surface area contributed by atoms with Crippen molar-refractivity contribution >= 4 is 16.2 Å². The van der Waals surface area contributed by atoms with E-state index in [0.29, 0.717) is 63.7 Å². The molecular formula is C20H31N3O6S. The molecule has 0 radical (unpaired) electrons. The molecule has 168 valence electrons. The van der Waals surface area contributed by atoms with Gasteiger partial charge in [0, 0.05) is 45.8 Å². The highest BCUT2D eigenvalue weighted by Gasteiger charge is 2.36. The minimum absolute atomic E-state index is 0.0938. The summed E-state index contributed by atoms with van der Waals surface area (Å²) in [6.45, 7) is 8.06. The second kappa shape index (κ2) is 10.1. The van der Waals surface area contributed by atoms with Crippen molar-refractivity contribution in [2.45, 2.75) is 26.1 Å². The lowest BCUT2D eigenvalue weighted by Gasteiger charge is -2.40. The number of methoxy groups -OCH3 is 1. The highest BCUT2D eigenvalue weighted by Crippen LogP contribution is 2.19. The summed E-state index contributed by atoms with van der Waals surface area (Å²) in [5, 5.41) is 0. The van der Waals surface area contributed by atoms with E-state index < -0.39 is 10.2 Å². The lowest BCUT2D eigenvalue weighted by molar-refractivity contribution is -0.0457. The van der Waals surface area contributed by atoms with Crippen molar-refractivity contribution in [1.29, 1.82) is 0 Å². The summed E-state index contributed by atoms with van der Waals surface area (Å²) < 4.78 is 45.1. The summed E-state index contributed by atoms with van der Waals surface area (Å²) in [5.74, 6) is 0.301. The molecule has 0 spiro atoms. The van der Waals surface area contributed by atoms with Crippen molar-refractivity contribution in [2.75, 3.05) is 59.5 Å². The average molecular weight is 442 g/mol. The van der Waals surface area contributed by atoms with Crippen LogP contribution < -0.4 is 4.74 Å². The molecule has 9 nitrogen and oxygen atoms in total. The molecule has 2 saturated heterocycles. The van der Waals surface area contributed by atoms with Gasteiger partial charge in [0.2, 0.25) is 0 Å². The smallest absolute Gasteiger partial charge is 0.337 e. The largest absolute Gasteiger partial charge is 0.492 e. The molecule has 0 aliphatic carbocycles. The van der Waals surface area contributed by atoms with Gasteiger partial charge < -0.3 is 14.2 Å². The Labute approximate surface area is 178 Å². The van der Waals surface area contributed by atoms with E-state index in [9.17, 15) is 13.2 Å². The van der Waals surface area contributed by atoms with Crippen LogP contribution in [0.2, 0.25) is 0 Å². The minimum Gasteiger partial charge on any atom is -0.492 e. The molecule has 10 heteroatoms. The third-order valence-corrected chi connectivity index (χ3v) is 7.29. The van der Waals surface area contributed by atoms with E-state index in [1.165, 1.54) is 7.11 Å². The van der Waals surface area contributed by atoms with Gasteiger partial charge in [0.15, 0.2) is 0 Å². The summed E-state index contributed by atoms with van der Waals surface area (Å²) in [5.41, 5.74) is 0.478. The van der Waals surface area contributed by atoms with Gasteiger partial charge in [-0.25, -0.2) is 4.79 Å². The summed E-state index contributed by atoms with van der Waals surface area (Å²) in [6, 6.07) is 6.80. The van der Waals surface area contributed by atoms with Crippen LogP contribution >= 0.6 is 0 Å². The SMILES string of the molecule is COC(=O)c1ccc(OCCN2CCN(S(=O)(=O)N3CC(C)OC(C)C3)CC2)cc1. The van der Waals surface area contributed by atoms with Crippen LogP contribution in [0.3, 0.4) is 0 Å². The van der Waals surface area contributed by atoms with Gasteiger partial charge in [-0.2, -0.15) is 17.0 Å². The third kappa shape index (κ3) is 5.70. The van der Waals surface area contributed by atoms with E-state index >= 15 is 0 Å². The fraction of sp³-hybridized carbons (Fsp3) is 0.650. The molecule has 0 amide bonds. The average Bonchev–Trinajstić information content (AvgIpc) is 2.73. The molecule has 0 bridgehead atoms. The molecule has 2 aliphatic rings. The van der Waals surface area contributed by atoms with Gasteiger partial charge in [0.1, 0.15) is 12.4 Å². The lowest BCUT2D eigenvalue weighted by atomic mass is 10.2. The molecule has 0 aromatic heterocycles. The minimum atomic E-state index is -3.46. The van der Waals surface area contributed by atoms with Crippen molar-refractivity contribution in [3.63, 3.8) is 0 Å². The van der Waals surface area contributed by atoms with Crippen molar-refractivity contribution in [3.8, 4) is 5.75 Å². The van der Waals surface area contributed by atoms with Gasteiger partial charge in [0.25, 0.3) is 10.2 Å². The predicted octanol–water partition coefficient (Wildman–Crippen LogP) is 0.824. The first-order chi connectivity index (χ1) is 14.3. The van der Waals surface area contributed by atoms with E-state index in [-0.39, 0.29) is 18.2 Å². The van der Waals surface area contributed by atoms with Gasteiger partial charge in [-0.05, 0) is 38.1 Å². The zero-order valence-corrected chi connectivity index (χ0v) is 18.6. The number of ether oxygens (including phenoxy) is 3. The number of hydrogen-bond acceptors (Lipinski definition) is 7. The summed E-state index contributed by atoms with van der Waals surface area (Å²) in [6.07, 6.45) is -0.188. The molecule has 2 aliphatic heterocycles. The number of carbonyl (C=O) groups excluding carboxylic acids is 1. The highest BCUT2D eigenvalue weighted by molar-refractivity contribution is 7.86. The molecule has 3 rings (SSSR count). The Hall–Kier alpha value is -1.72.